The Labute approximate surface area is 177 Å². The number of nitrogens with one attached hydrogen (secondary N) is 1. The topological polar surface area (TPSA) is 66.5 Å². The first-order valence-electron chi connectivity index (χ1n) is 9.96. The Morgan fingerprint density at radius 2 is 2.00 bits per heavy atom. The van der Waals surface area contributed by atoms with Gasteiger partial charge in [-0.3, -0.25) is 4.79 Å². The minimum Gasteiger partial charge on any atom is -0.364 e. The molecule has 30 heavy (non-hydrogen) atoms. The number of nitrogens with zero attached hydrogens (tertiary/aromatic N) is 1. The van der Waals surface area contributed by atoms with Crippen molar-refractivity contribution < 1.29 is 17.6 Å². The molecule has 0 spiro atoms. The second-order valence-electron chi connectivity index (χ2n) is 7.79. The van der Waals surface area contributed by atoms with Crippen molar-refractivity contribution in [2.75, 3.05) is 17.7 Å². The lowest BCUT2D eigenvalue weighted by molar-refractivity contribution is 0.0943. The normalized spacial score (nSPS) is 18.0. The number of aryl methyl sites for hydroxylation is 1. The second-order valence-corrected chi connectivity index (χ2v) is 9.72. The minimum atomic E-state index is -3.29. The number of anilines is 1. The van der Waals surface area contributed by atoms with Crippen LogP contribution in [0.15, 0.2) is 53.9 Å². The van der Waals surface area contributed by atoms with Gasteiger partial charge in [0.05, 0.1) is 11.6 Å². The molecule has 0 aliphatic carbocycles. The Bertz CT molecular complexity index is 1070. The third kappa shape index (κ3) is 5.27. The number of carbonyl (C=O) groups excluding carboxylic acids is 1. The molecular formula is C23H27FN2O3S. The van der Waals surface area contributed by atoms with Crippen LogP contribution in [-0.2, 0) is 9.84 Å². The number of hydrogen-bond donors (Lipinski definition) is 1. The monoisotopic (exact) mass is 430 g/mol. The number of hydrogen-bond acceptors (Lipinski definition) is 4. The molecule has 1 N–H and O–H groups in total. The molecule has 1 saturated heterocycles. The Morgan fingerprint density at radius 3 is 2.67 bits per heavy atom. The first-order valence-corrected chi connectivity index (χ1v) is 11.9. The zero-order valence-corrected chi connectivity index (χ0v) is 18.2. The zero-order chi connectivity index (χ0) is 21.9. The van der Waals surface area contributed by atoms with E-state index in [0.717, 1.165) is 36.7 Å². The first kappa shape index (κ1) is 22.0. The van der Waals surface area contributed by atoms with Gasteiger partial charge in [-0.25, -0.2) is 12.8 Å². The lowest BCUT2D eigenvalue weighted by Gasteiger charge is -2.28. The Kier molecular flexibility index (Phi) is 6.61. The molecule has 160 valence electrons. The first-order chi connectivity index (χ1) is 14.2. The zero-order valence-electron chi connectivity index (χ0n) is 17.4. The van der Waals surface area contributed by atoms with Gasteiger partial charge in [-0.15, -0.1) is 0 Å². The summed E-state index contributed by atoms with van der Waals surface area (Å²) in [6.07, 6.45) is 4.45. The van der Waals surface area contributed by atoms with Crippen LogP contribution < -0.4 is 10.2 Å². The maximum Gasteiger partial charge on any atom is 0.254 e. The summed E-state index contributed by atoms with van der Waals surface area (Å²) >= 11 is 0. The molecule has 0 saturated carbocycles. The van der Waals surface area contributed by atoms with E-state index in [1.54, 1.807) is 13.0 Å². The largest absolute Gasteiger partial charge is 0.364 e. The summed E-state index contributed by atoms with van der Waals surface area (Å²) in [7, 11) is -3.29. The van der Waals surface area contributed by atoms with Crippen LogP contribution in [-0.4, -0.2) is 33.2 Å². The average Bonchev–Trinajstić information content (AvgIpc) is 3.15. The van der Waals surface area contributed by atoms with E-state index in [-0.39, 0.29) is 11.6 Å². The van der Waals surface area contributed by atoms with Crippen LogP contribution >= 0.6 is 0 Å². The fourth-order valence-electron chi connectivity index (χ4n) is 3.82. The molecule has 2 aromatic rings. The van der Waals surface area contributed by atoms with Gasteiger partial charge in [0.1, 0.15) is 5.82 Å². The molecule has 1 unspecified atom stereocenters. The number of sulfone groups is 1. The van der Waals surface area contributed by atoms with Crippen LogP contribution in [0.2, 0.25) is 0 Å². The van der Waals surface area contributed by atoms with E-state index >= 15 is 0 Å². The SMILES string of the molecule is Cc1ccccc1C1CCCN1c1ccc(C(=O)N[C@H](C)/C=C/S(C)(=O)=O)c(F)c1. The van der Waals surface area contributed by atoms with E-state index in [1.807, 2.05) is 12.1 Å². The Hall–Kier alpha value is -2.67. The van der Waals surface area contributed by atoms with Crippen molar-refractivity contribution in [2.45, 2.75) is 38.8 Å². The van der Waals surface area contributed by atoms with Crippen LogP contribution in [0.25, 0.3) is 0 Å². The summed E-state index contributed by atoms with van der Waals surface area (Å²) in [6.45, 7) is 4.54. The van der Waals surface area contributed by atoms with Crippen molar-refractivity contribution in [1.29, 1.82) is 0 Å². The van der Waals surface area contributed by atoms with Crippen LogP contribution in [0.5, 0.6) is 0 Å². The van der Waals surface area contributed by atoms with E-state index in [9.17, 15) is 17.6 Å². The third-order valence-corrected chi connectivity index (χ3v) is 5.95. The maximum absolute atomic E-state index is 14.8. The summed E-state index contributed by atoms with van der Waals surface area (Å²) in [4.78, 5) is 14.6. The highest BCUT2D eigenvalue weighted by atomic mass is 32.2. The van der Waals surface area contributed by atoms with Gasteiger partial charge in [0.2, 0.25) is 0 Å². The molecule has 7 heteroatoms. The Balaban J connectivity index is 1.77. The minimum absolute atomic E-state index is 0.0648. The lowest BCUT2D eigenvalue weighted by Crippen LogP contribution is -2.32. The van der Waals surface area contributed by atoms with Crippen molar-refractivity contribution in [2.24, 2.45) is 0 Å². The molecule has 1 fully saturated rings. The van der Waals surface area contributed by atoms with Crippen LogP contribution in [0, 0.1) is 12.7 Å². The molecule has 1 aliphatic heterocycles. The van der Waals surface area contributed by atoms with Crippen molar-refractivity contribution in [3.05, 3.63) is 76.5 Å². The molecular weight excluding hydrogens is 403 g/mol. The summed E-state index contributed by atoms with van der Waals surface area (Å²) in [5.41, 5.74) is 3.13. The van der Waals surface area contributed by atoms with Gasteiger partial charge in [0.15, 0.2) is 9.84 Å². The van der Waals surface area contributed by atoms with E-state index in [4.69, 9.17) is 0 Å². The maximum atomic E-state index is 14.8. The highest BCUT2D eigenvalue weighted by Crippen LogP contribution is 2.37. The molecule has 1 amide bonds. The van der Waals surface area contributed by atoms with Gasteiger partial charge in [-0.1, -0.05) is 30.3 Å². The molecule has 1 heterocycles. The molecule has 5 nitrogen and oxygen atoms in total. The van der Waals surface area contributed by atoms with Crippen molar-refractivity contribution in [1.82, 2.24) is 5.32 Å². The number of halogens is 1. The van der Waals surface area contributed by atoms with E-state index < -0.39 is 27.6 Å². The van der Waals surface area contributed by atoms with Crippen molar-refractivity contribution >= 4 is 21.4 Å². The molecule has 0 radical (unpaired) electrons. The van der Waals surface area contributed by atoms with Crippen molar-refractivity contribution in [3.63, 3.8) is 0 Å². The molecule has 0 aromatic heterocycles. The van der Waals surface area contributed by atoms with Crippen LogP contribution in [0.3, 0.4) is 0 Å². The van der Waals surface area contributed by atoms with E-state index in [1.165, 1.54) is 29.3 Å². The number of amides is 1. The fraction of sp³-hybridized carbons (Fsp3) is 0.348. The Morgan fingerprint density at radius 1 is 1.27 bits per heavy atom. The van der Waals surface area contributed by atoms with Gasteiger partial charge < -0.3 is 10.2 Å². The quantitative estimate of drug-likeness (QED) is 0.748. The van der Waals surface area contributed by atoms with Gasteiger partial charge >= 0.3 is 0 Å². The van der Waals surface area contributed by atoms with Gasteiger partial charge in [0, 0.05) is 29.9 Å². The number of rotatable bonds is 6. The number of carbonyl (C=O) groups is 1. The molecule has 1 aliphatic rings. The number of benzene rings is 2. The summed E-state index contributed by atoms with van der Waals surface area (Å²) in [6, 6.07) is 12.5. The predicted molar refractivity (Wildman–Crippen MR) is 118 cm³/mol. The third-order valence-electron chi connectivity index (χ3n) is 5.30. The second kappa shape index (κ2) is 9.00. The van der Waals surface area contributed by atoms with E-state index in [0.29, 0.717) is 0 Å². The highest BCUT2D eigenvalue weighted by Gasteiger charge is 2.28. The van der Waals surface area contributed by atoms with Crippen LogP contribution in [0.4, 0.5) is 10.1 Å². The molecule has 2 atom stereocenters. The van der Waals surface area contributed by atoms with Gasteiger partial charge in [-0.2, -0.15) is 0 Å². The van der Waals surface area contributed by atoms with Crippen LogP contribution in [0.1, 0.15) is 47.3 Å². The van der Waals surface area contributed by atoms with E-state index in [2.05, 4.69) is 29.3 Å². The molecule has 0 bridgehead atoms. The lowest BCUT2D eigenvalue weighted by atomic mass is 9.99. The standard InChI is InChI=1S/C23H27FN2O3S/c1-16-7-4-5-8-19(16)22-9-6-13-26(22)18-10-11-20(21(24)15-18)23(27)25-17(2)12-14-30(3,28)29/h4-5,7-8,10-12,14-15,17,22H,6,9,13H2,1-3H3,(H,25,27)/b14-12+/t17-,22?/m1/s1. The smallest absolute Gasteiger partial charge is 0.254 e. The summed E-state index contributed by atoms with van der Waals surface area (Å²) < 4.78 is 37.2. The predicted octanol–water partition coefficient (Wildman–Crippen LogP) is 4.15. The highest BCUT2D eigenvalue weighted by molar-refractivity contribution is 7.93. The van der Waals surface area contributed by atoms with Gasteiger partial charge in [0.25, 0.3) is 5.91 Å². The molecule has 3 rings (SSSR count). The van der Waals surface area contributed by atoms with Gasteiger partial charge in [-0.05, 0) is 56.0 Å². The summed E-state index contributed by atoms with van der Waals surface area (Å²) in [5.74, 6) is -1.18. The summed E-state index contributed by atoms with van der Waals surface area (Å²) in [5, 5.41) is 3.62. The van der Waals surface area contributed by atoms with Crippen molar-refractivity contribution in [3.8, 4) is 0 Å². The average molecular weight is 431 g/mol. The fourth-order valence-corrected chi connectivity index (χ4v) is 4.34. The molecule has 2 aromatic carbocycles.